The van der Waals surface area contributed by atoms with Crippen molar-refractivity contribution < 1.29 is 9.47 Å². The zero-order chi connectivity index (χ0) is 20.0. The number of para-hydroxylation sites is 1. The van der Waals surface area contributed by atoms with Gasteiger partial charge in [-0.3, -0.25) is 0 Å². The van der Waals surface area contributed by atoms with E-state index in [1.54, 1.807) is 0 Å². The molecule has 0 atom stereocenters. The van der Waals surface area contributed by atoms with Gasteiger partial charge in [0.2, 0.25) is 0 Å². The van der Waals surface area contributed by atoms with Crippen LogP contribution in [0.15, 0.2) is 72.8 Å². The molecule has 3 rings (SSSR count). The predicted octanol–water partition coefficient (Wildman–Crippen LogP) is 6.84. The van der Waals surface area contributed by atoms with Gasteiger partial charge in [0.05, 0.1) is 13.2 Å². The van der Waals surface area contributed by atoms with E-state index in [9.17, 15) is 0 Å². The van der Waals surface area contributed by atoms with Crippen molar-refractivity contribution in [3.63, 3.8) is 0 Å². The van der Waals surface area contributed by atoms with Gasteiger partial charge in [-0.05, 0) is 59.9 Å². The first-order valence-electron chi connectivity index (χ1n) is 9.97. The molecule has 0 amide bonds. The maximum atomic E-state index is 6.09. The summed E-state index contributed by atoms with van der Waals surface area (Å²) in [6.07, 6.45) is 1.07. The highest BCUT2D eigenvalue weighted by molar-refractivity contribution is 5.35. The standard InChI is InChI=1S/C26H30O2/c1-5-22-14-15-23(16-20(22)2)26(3,4)19-27-18-21-10-9-13-25(17-21)28-24-11-7-6-8-12-24/h6-17H,5,18-19H2,1-4H3. The summed E-state index contributed by atoms with van der Waals surface area (Å²) in [4.78, 5) is 0. The molecule has 0 aromatic heterocycles. The van der Waals surface area contributed by atoms with Crippen LogP contribution in [0.3, 0.4) is 0 Å². The van der Waals surface area contributed by atoms with E-state index >= 15 is 0 Å². The van der Waals surface area contributed by atoms with E-state index in [-0.39, 0.29) is 5.41 Å². The molecule has 0 unspecified atom stereocenters. The third-order valence-corrected chi connectivity index (χ3v) is 5.11. The Labute approximate surface area is 169 Å². The van der Waals surface area contributed by atoms with Gasteiger partial charge in [-0.25, -0.2) is 0 Å². The van der Waals surface area contributed by atoms with E-state index in [1.165, 1.54) is 16.7 Å². The van der Waals surface area contributed by atoms with E-state index in [0.29, 0.717) is 13.2 Å². The van der Waals surface area contributed by atoms with E-state index in [2.05, 4.69) is 52.0 Å². The number of aryl methyl sites for hydroxylation is 2. The minimum atomic E-state index is -0.0326. The fourth-order valence-corrected chi connectivity index (χ4v) is 3.34. The Morgan fingerprint density at radius 3 is 2.29 bits per heavy atom. The minimum absolute atomic E-state index is 0.0326. The Kier molecular flexibility index (Phi) is 6.53. The molecule has 0 aliphatic rings. The molecule has 0 radical (unpaired) electrons. The first-order valence-corrected chi connectivity index (χ1v) is 9.97. The lowest BCUT2D eigenvalue weighted by Crippen LogP contribution is -2.24. The van der Waals surface area contributed by atoms with Crippen molar-refractivity contribution in [1.82, 2.24) is 0 Å². The van der Waals surface area contributed by atoms with Crippen molar-refractivity contribution in [3.8, 4) is 11.5 Å². The molecule has 0 aliphatic heterocycles. The van der Waals surface area contributed by atoms with E-state index < -0.39 is 0 Å². The van der Waals surface area contributed by atoms with Crippen molar-refractivity contribution in [2.45, 2.75) is 46.1 Å². The van der Waals surface area contributed by atoms with Crippen molar-refractivity contribution in [1.29, 1.82) is 0 Å². The molecular weight excluding hydrogens is 344 g/mol. The largest absolute Gasteiger partial charge is 0.457 e. The van der Waals surface area contributed by atoms with E-state index in [4.69, 9.17) is 9.47 Å². The molecule has 0 fully saturated rings. The van der Waals surface area contributed by atoms with Crippen LogP contribution in [0.4, 0.5) is 0 Å². The van der Waals surface area contributed by atoms with Crippen molar-refractivity contribution in [2.75, 3.05) is 6.61 Å². The third kappa shape index (κ3) is 5.24. The average Bonchev–Trinajstić information content (AvgIpc) is 2.69. The van der Waals surface area contributed by atoms with E-state index in [1.807, 2.05) is 48.5 Å². The second-order valence-electron chi connectivity index (χ2n) is 7.93. The molecule has 0 saturated heterocycles. The zero-order valence-electron chi connectivity index (χ0n) is 17.4. The van der Waals surface area contributed by atoms with Gasteiger partial charge in [-0.1, -0.05) is 69.3 Å². The van der Waals surface area contributed by atoms with Gasteiger partial charge < -0.3 is 9.47 Å². The fraction of sp³-hybridized carbons (Fsp3) is 0.308. The van der Waals surface area contributed by atoms with Crippen LogP contribution in [0.25, 0.3) is 0 Å². The lowest BCUT2D eigenvalue weighted by molar-refractivity contribution is 0.0824. The lowest BCUT2D eigenvalue weighted by atomic mass is 9.84. The van der Waals surface area contributed by atoms with Crippen LogP contribution in [-0.2, 0) is 23.2 Å². The number of hydrogen-bond donors (Lipinski definition) is 0. The van der Waals surface area contributed by atoms with Crippen LogP contribution < -0.4 is 4.74 Å². The second-order valence-corrected chi connectivity index (χ2v) is 7.93. The molecule has 0 aliphatic carbocycles. The minimum Gasteiger partial charge on any atom is -0.457 e. The van der Waals surface area contributed by atoms with Gasteiger partial charge in [-0.15, -0.1) is 0 Å². The van der Waals surface area contributed by atoms with Crippen LogP contribution in [0.2, 0.25) is 0 Å². The molecule has 0 N–H and O–H groups in total. The molecule has 0 saturated carbocycles. The summed E-state index contributed by atoms with van der Waals surface area (Å²) in [5.41, 5.74) is 5.18. The van der Waals surface area contributed by atoms with Gasteiger partial charge >= 0.3 is 0 Å². The Morgan fingerprint density at radius 1 is 0.821 bits per heavy atom. The second kappa shape index (κ2) is 9.07. The summed E-state index contributed by atoms with van der Waals surface area (Å²) < 4.78 is 12.0. The Morgan fingerprint density at radius 2 is 1.57 bits per heavy atom. The number of ether oxygens (including phenoxy) is 2. The van der Waals surface area contributed by atoms with Crippen LogP contribution in [0, 0.1) is 6.92 Å². The first kappa shape index (κ1) is 20.2. The fourth-order valence-electron chi connectivity index (χ4n) is 3.34. The topological polar surface area (TPSA) is 18.5 Å². The molecule has 3 aromatic rings. The molecule has 0 spiro atoms. The summed E-state index contributed by atoms with van der Waals surface area (Å²) in [6, 6.07) is 24.7. The SMILES string of the molecule is CCc1ccc(C(C)(C)COCc2cccc(Oc3ccccc3)c2)cc1C. The summed E-state index contributed by atoms with van der Waals surface area (Å²) in [7, 11) is 0. The Balaban J connectivity index is 1.59. The molecule has 0 bridgehead atoms. The normalized spacial score (nSPS) is 11.4. The molecule has 0 heterocycles. The molecule has 2 nitrogen and oxygen atoms in total. The zero-order valence-corrected chi connectivity index (χ0v) is 17.4. The number of hydrogen-bond acceptors (Lipinski definition) is 2. The summed E-state index contributed by atoms with van der Waals surface area (Å²) in [5, 5.41) is 0. The highest BCUT2D eigenvalue weighted by Gasteiger charge is 2.21. The van der Waals surface area contributed by atoms with Gasteiger partial charge in [0.15, 0.2) is 0 Å². The quantitative estimate of drug-likeness (QED) is 0.429. The summed E-state index contributed by atoms with van der Waals surface area (Å²) in [5.74, 6) is 1.67. The third-order valence-electron chi connectivity index (χ3n) is 5.11. The van der Waals surface area contributed by atoms with Crippen LogP contribution in [0.5, 0.6) is 11.5 Å². The smallest absolute Gasteiger partial charge is 0.127 e. The summed E-state index contributed by atoms with van der Waals surface area (Å²) in [6.45, 7) is 10.1. The highest BCUT2D eigenvalue weighted by Crippen LogP contribution is 2.27. The van der Waals surface area contributed by atoms with Gasteiger partial charge in [0, 0.05) is 5.41 Å². The molecule has 3 aromatic carbocycles. The van der Waals surface area contributed by atoms with Crippen LogP contribution in [0.1, 0.15) is 43.0 Å². The highest BCUT2D eigenvalue weighted by atomic mass is 16.5. The lowest BCUT2D eigenvalue weighted by Gasteiger charge is -2.26. The van der Waals surface area contributed by atoms with Gasteiger partial charge in [-0.2, -0.15) is 0 Å². The number of benzene rings is 3. The molecule has 28 heavy (non-hydrogen) atoms. The van der Waals surface area contributed by atoms with Crippen molar-refractivity contribution in [3.05, 3.63) is 95.1 Å². The Hall–Kier alpha value is -2.58. The molecular formula is C26H30O2. The number of rotatable bonds is 8. The maximum Gasteiger partial charge on any atom is 0.127 e. The summed E-state index contributed by atoms with van der Waals surface area (Å²) >= 11 is 0. The first-order chi connectivity index (χ1) is 13.5. The van der Waals surface area contributed by atoms with Crippen LogP contribution >= 0.6 is 0 Å². The molecule has 2 heteroatoms. The van der Waals surface area contributed by atoms with Crippen LogP contribution in [-0.4, -0.2) is 6.61 Å². The predicted molar refractivity (Wildman–Crippen MR) is 116 cm³/mol. The van der Waals surface area contributed by atoms with Gasteiger partial charge in [0.1, 0.15) is 11.5 Å². The Bertz CT molecular complexity index is 897. The van der Waals surface area contributed by atoms with Gasteiger partial charge in [0.25, 0.3) is 0 Å². The maximum absolute atomic E-state index is 6.09. The average molecular weight is 375 g/mol. The van der Waals surface area contributed by atoms with Crippen molar-refractivity contribution in [2.24, 2.45) is 0 Å². The van der Waals surface area contributed by atoms with E-state index in [0.717, 1.165) is 23.5 Å². The monoisotopic (exact) mass is 374 g/mol. The van der Waals surface area contributed by atoms with Crippen molar-refractivity contribution >= 4 is 0 Å². The molecule has 146 valence electrons.